The predicted octanol–water partition coefficient (Wildman–Crippen LogP) is 3.31. The highest BCUT2D eigenvalue weighted by Gasteiger charge is 2.52. The Labute approximate surface area is 173 Å². The van der Waals surface area contributed by atoms with E-state index in [0.717, 1.165) is 18.2 Å². The van der Waals surface area contributed by atoms with Gasteiger partial charge in [0.1, 0.15) is 23.9 Å². The van der Waals surface area contributed by atoms with Gasteiger partial charge in [-0.2, -0.15) is 13.2 Å². The number of pyridine rings is 1. The number of halogens is 5. The summed E-state index contributed by atoms with van der Waals surface area (Å²) in [5.74, 6) is -1.31. The minimum Gasteiger partial charge on any atom is -0.495 e. The number of amides is 1. The first-order valence-electron chi connectivity index (χ1n) is 8.84. The van der Waals surface area contributed by atoms with Crippen molar-refractivity contribution in [1.82, 2.24) is 4.98 Å². The molecule has 1 aliphatic heterocycles. The zero-order valence-electron chi connectivity index (χ0n) is 16.0. The summed E-state index contributed by atoms with van der Waals surface area (Å²) in [5, 5.41) is 2.43. The summed E-state index contributed by atoms with van der Waals surface area (Å²) in [4.78, 5) is 19.4. The van der Waals surface area contributed by atoms with E-state index in [1.165, 1.54) is 25.4 Å². The second kappa shape index (κ2) is 8.36. The van der Waals surface area contributed by atoms with Crippen molar-refractivity contribution in [3.8, 4) is 5.75 Å². The Morgan fingerprint density at radius 3 is 2.68 bits per heavy atom. The lowest BCUT2D eigenvalue weighted by Gasteiger charge is -2.38. The van der Waals surface area contributed by atoms with Crippen molar-refractivity contribution in [2.45, 2.75) is 24.2 Å². The Kier molecular flexibility index (Phi) is 6.00. The highest BCUT2D eigenvalue weighted by molar-refractivity contribution is 6.02. The summed E-state index contributed by atoms with van der Waals surface area (Å²) in [7, 11) is 1.42. The maximum Gasteiger partial charge on any atom is 0.411 e. The number of nitrogens with two attached hydrogens (primary N) is 1. The van der Waals surface area contributed by atoms with Crippen LogP contribution >= 0.6 is 0 Å². The summed E-state index contributed by atoms with van der Waals surface area (Å²) >= 11 is 0. The van der Waals surface area contributed by atoms with E-state index in [4.69, 9.17) is 15.2 Å². The fourth-order valence-electron chi connectivity index (χ4n) is 3.07. The number of hydrogen-bond donors (Lipinski definition) is 2. The number of alkyl halides is 4. The molecule has 0 aliphatic carbocycles. The Morgan fingerprint density at radius 1 is 1.35 bits per heavy atom. The fourth-order valence-corrected chi connectivity index (χ4v) is 3.07. The molecule has 2 heterocycles. The minimum absolute atomic E-state index is 0.00527. The van der Waals surface area contributed by atoms with E-state index in [9.17, 15) is 26.7 Å². The van der Waals surface area contributed by atoms with Crippen molar-refractivity contribution in [3.63, 3.8) is 0 Å². The van der Waals surface area contributed by atoms with E-state index < -0.39 is 54.2 Å². The molecule has 0 saturated heterocycles. The van der Waals surface area contributed by atoms with Crippen molar-refractivity contribution in [1.29, 1.82) is 0 Å². The highest BCUT2D eigenvalue weighted by Crippen LogP contribution is 2.42. The van der Waals surface area contributed by atoms with Gasteiger partial charge in [0.05, 0.1) is 13.3 Å². The Morgan fingerprint density at radius 2 is 2.10 bits per heavy atom. The number of carbonyl (C=O) groups excluding carboxylic acids is 1. The van der Waals surface area contributed by atoms with Gasteiger partial charge in [0.2, 0.25) is 0 Å². The summed E-state index contributed by atoms with van der Waals surface area (Å²) in [6.07, 6.45) is -4.56. The first kappa shape index (κ1) is 22.2. The monoisotopic (exact) mass is 444 g/mol. The smallest absolute Gasteiger partial charge is 0.411 e. The van der Waals surface area contributed by atoms with Crippen LogP contribution in [0.5, 0.6) is 5.75 Å². The number of methoxy groups -OCH3 is 1. The molecule has 1 amide bonds. The number of hydrogen-bond acceptors (Lipinski definition) is 6. The van der Waals surface area contributed by atoms with E-state index in [0.29, 0.717) is 5.75 Å². The number of carbonyl (C=O) groups is 1. The van der Waals surface area contributed by atoms with Gasteiger partial charge in [-0.3, -0.25) is 4.79 Å². The number of aromatic nitrogens is 1. The summed E-state index contributed by atoms with van der Waals surface area (Å²) in [5.41, 5.74) is 2.41. The molecule has 2 aromatic rings. The van der Waals surface area contributed by atoms with Gasteiger partial charge >= 0.3 is 6.18 Å². The lowest BCUT2D eigenvalue weighted by molar-refractivity contribution is -0.167. The molecule has 12 heteroatoms. The van der Waals surface area contributed by atoms with Crippen LogP contribution in [-0.2, 0) is 10.3 Å². The molecule has 1 aromatic heterocycles. The first-order chi connectivity index (χ1) is 14.6. The molecule has 2 atom stereocenters. The van der Waals surface area contributed by atoms with Crippen molar-refractivity contribution in [2.75, 3.05) is 19.1 Å². The van der Waals surface area contributed by atoms with Crippen LogP contribution < -0.4 is 15.8 Å². The topological polar surface area (TPSA) is 98.8 Å². The van der Waals surface area contributed by atoms with E-state index in [1.54, 1.807) is 0 Å². The van der Waals surface area contributed by atoms with Crippen LogP contribution in [0.3, 0.4) is 0 Å². The van der Waals surface area contributed by atoms with Crippen molar-refractivity contribution < 1.29 is 36.2 Å². The molecule has 7 nitrogen and oxygen atoms in total. The molecule has 0 unspecified atom stereocenters. The van der Waals surface area contributed by atoms with Crippen LogP contribution in [0.2, 0.25) is 0 Å². The Hall–Kier alpha value is -3.44. The molecule has 31 heavy (non-hydrogen) atoms. The van der Waals surface area contributed by atoms with E-state index >= 15 is 0 Å². The Balaban J connectivity index is 1.92. The third-order valence-corrected chi connectivity index (χ3v) is 4.62. The maximum atomic E-state index is 14.5. The fraction of sp³-hybridized carbons (Fsp3) is 0.316. The van der Waals surface area contributed by atoms with Gasteiger partial charge in [0, 0.05) is 17.7 Å². The number of nitrogens with one attached hydrogen (secondary N) is 1. The highest BCUT2D eigenvalue weighted by atomic mass is 19.4. The molecule has 0 bridgehead atoms. The van der Waals surface area contributed by atoms with Crippen LogP contribution in [0.15, 0.2) is 41.5 Å². The lowest BCUT2D eigenvalue weighted by atomic mass is 9.86. The lowest BCUT2D eigenvalue weighted by Crippen LogP contribution is -2.48. The van der Waals surface area contributed by atoms with Crippen LogP contribution in [0.25, 0.3) is 0 Å². The molecule has 0 saturated carbocycles. The van der Waals surface area contributed by atoms with Crippen molar-refractivity contribution in [2.24, 2.45) is 10.7 Å². The number of nitrogens with zero attached hydrogens (tertiary/aromatic N) is 2. The van der Waals surface area contributed by atoms with E-state index in [2.05, 4.69) is 15.3 Å². The number of ether oxygens (including phenoxy) is 2. The quantitative estimate of drug-likeness (QED) is 0.690. The molecule has 3 rings (SSSR count). The maximum absolute atomic E-state index is 14.5. The van der Waals surface area contributed by atoms with Crippen LogP contribution in [-0.4, -0.2) is 42.9 Å². The molecule has 0 radical (unpaired) electrons. The van der Waals surface area contributed by atoms with Crippen LogP contribution in [0.1, 0.15) is 22.5 Å². The van der Waals surface area contributed by atoms with Crippen LogP contribution in [0, 0.1) is 5.82 Å². The largest absolute Gasteiger partial charge is 0.495 e. The molecule has 3 N–H and O–H groups in total. The molecule has 0 spiro atoms. The number of rotatable bonds is 5. The van der Waals surface area contributed by atoms with Gasteiger partial charge in [0.15, 0.2) is 11.6 Å². The standard InChI is InChI=1S/C19H17F5N4O3/c1-30-11-3-5-14(26-8-11)16(29)27-10-2-4-13(21)12(6-10)18(9-20)7-15(19(22,23)24)28-17(25)31-18/h2-6,8,15H,7,9H2,1H3,(H2,25,28)(H,27,29)/t15-,18+/m0/s1. The van der Waals surface area contributed by atoms with E-state index in [-0.39, 0.29) is 11.4 Å². The SMILES string of the molecule is COc1ccc(C(=O)Nc2ccc(F)c([C@]3(CF)C[C@@H](C(F)(F)F)N=C(N)O3)c2)nc1. The minimum atomic E-state index is -4.84. The van der Waals surface area contributed by atoms with Crippen LogP contribution in [0.4, 0.5) is 27.6 Å². The second-order valence-electron chi connectivity index (χ2n) is 6.69. The zero-order chi connectivity index (χ0) is 22.8. The third-order valence-electron chi connectivity index (χ3n) is 4.62. The molecule has 166 valence electrons. The van der Waals surface area contributed by atoms with Gasteiger partial charge in [-0.05, 0) is 30.3 Å². The summed E-state index contributed by atoms with van der Waals surface area (Å²) in [6.45, 7) is -1.51. The average molecular weight is 444 g/mol. The normalized spacial score (nSPS) is 21.1. The molecule has 1 aromatic carbocycles. The first-order valence-corrected chi connectivity index (χ1v) is 8.84. The van der Waals surface area contributed by atoms with Crippen molar-refractivity contribution in [3.05, 3.63) is 53.6 Å². The molecule has 1 aliphatic rings. The number of aliphatic imine (C=N–C) groups is 1. The van der Waals surface area contributed by atoms with E-state index in [1.807, 2.05) is 0 Å². The number of anilines is 1. The Bertz CT molecular complexity index is 997. The molecular weight excluding hydrogens is 427 g/mol. The van der Waals surface area contributed by atoms with Gasteiger partial charge in [-0.25, -0.2) is 18.8 Å². The zero-order valence-corrected chi connectivity index (χ0v) is 16.0. The van der Waals surface area contributed by atoms with Crippen molar-refractivity contribution >= 4 is 17.6 Å². The third kappa shape index (κ3) is 4.67. The van der Waals surface area contributed by atoms with Gasteiger partial charge in [0.25, 0.3) is 11.9 Å². The number of amidine groups is 1. The van der Waals surface area contributed by atoms with Gasteiger partial charge < -0.3 is 20.5 Å². The number of benzene rings is 1. The molecular formula is C19H17F5N4O3. The molecule has 0 fully saturated rings. The average Bonchev–Trinajstić information content (AvgIpc) is 2.74. The predicted molar refractivity (Wildman–Crippen MR) is 100.0 cm³/mol. The van der Waals surface area contributed by atoms with Gasteiger partial charge in [-0.1, -0.05) is 0 Å². The second-order valence-corrected chi connectivity index (χ2v) is 6.69. The summed E-state index contributed by atoms with van der Waals surface area (Å²) < 4.78 is 78.1. The van der Waals surface area contributed by atoms with Gasteiger partial charge in [-0.15, -0.1) is 0 Å². The summed E-state index contributed by atoms with van der Waals surface area (Å²) in [6, 6.07) is 2.59.